The molecule has 3 aromatic rings. The van der Waals surface area contributed by atoms with Crippen LogP contribution in [0.25, 0.3) is 15.9 Å². The Labute approximate surface area is 129 Å². The molecule has 0 radical (unpaired) electrons. The standard InChI is InChI=1S/C14H11Cl2N3S/c1-7-8(2)20-13-11(7)12(17)19(14(16)18-13)10-5-3-9(15)4-6-10/h3-6,17H,1-2H3. The molecular weight excluding hydrogens is 313 g/mol. The molecule has 2 aromatic heterocycles. The molecule has 0 saturated heterocycles. The number of rotatable bonds is 1. The molecule has 0 fully saturated rings. The molecule has 0 atom stereocenters. The second kappa shape index (κ2) is 4.88. The van der Waals surface area contributed by atoms with Crippen LogP contribution in [-0.2, 0) is 0 Å². The van der Waals surface area contributed by atoms with Crippen LogP contribution in [0.15, 0.2) is 24.3 Å². The molecule has 0 spiro atoms. The summed E-state index contributed by atoms with van der Waals surface area (Å²) in [5, 5.41) is 10.2. The third kappa shape index (κ3) is 2.04. The Bertz CT molecular complexity index is 863. The van der Waals surface area contributed by atoms with Crippen LogP contribution in [0.4, 0.5) is 0 Å². The van der Waals surface area contributed by atoms with Crippen molar-refractivity contribution < 1.29 is 0 Å². The van der Waals surface area contributed by atoms with Crippen molar-refractivity contribution in [3.8, 4) is 5.69 Å². The van der Waals surface area contributed by atoms with Gasteiger partial charge in [0.2, 0.25) is 5.28 Å². The highest BCUT2D eigenvalue weighted by atomic mass is 35.5. The number of aryl methyl sites for hydroxylation is 2. The fourth-order valence-electron chi connectivity index (χ4n) is 2.13. The first kappa shape index (κ1) is 13.6. The molecule has 1 aromatic carbocycles. The van der Waals surface area contributed by atoms with Gasteiger partial charge >= 0.3 is 0 Å². The van der Waals surface area contributed by atoms with E-state index >= 15 is 0 Å². The average Bonchev–Trinajstić information content (AvgIpc) is 2.67. The maximum atomic E-state index is 8.44. The van der Waals surface area contributed by atoms with Gasteiger partial charge in [0.1, 0.15) is 10.3 Å². The van der Waals surface area contributed by atoms with Gasteiger partial charge in [-0.3, -0.25) is 9.98 Å². The minimum Gasteiger partial charge on any atom is -0.283 e. The normalized spacial score (nSPS) is 11.2. The van der Waals surface area contributed by atoms with Gasteiger partial charge in [0.05, 0.1) is 11.1 Å². The molecule has 102 valence electrons. The predicted octanol–water partition coefficient (Wildman–Crippen LogP) is 4.49. The molecule has 3 rings (SSSR count). The third-order valence-corrected chi connectivity index (χ3v) is 4.90. The fourth-order valence-corrected chi connectivity index (χ4v) is 3.60. The maximum Gasteiger partial charge on any atom is 0.210 e. The van der Waals surface area contributed by atoms with Crippen LogP contribution in [0, 0.1) is 19.3 Å². The Morgan fingerprint density at radius 2 is 1.80 bits per heavy atom. The van der Waals surface area contributed by atoms with Crippen molar-refractivity contribution in [1.82, 2.24) is 9.55 Å². The topological polar surface area (TPSA) is 41.7 Å². The Morgan fingerprint density at radius 1 is 1.15 bits per heavy atom. The van der Waals surface area contributed by atoms with Crippen LogP contribution in [0.5, 0.6) is 0 Å². The second-order valence-electron chi connectivity index (χ2n) is 4.50. The maximum absolute atomic E-state index is 8.44. The first-order valence-corrected chi connectivity index (χ1v) is 7.55. The molecule has 3 nitrogen and oxygen atoms in total. The van der Waals surface area contributed by atoms with Crippen molar-refractivity contribution in [2.24, 2.45) is 0 Å². The Kier molecular flexibility index (Phi) is 3.32. The summed E-state index contributed by atoms with van der Waals surface area (Å²) in [6, 6.07) is 7.20. The molecule has 6 heteroatoms. The monoisotopic (exact) mass is 323 g/mol. The molecule has 0 aliphatic carbocycles. The zero-order valence-corrected chi connectivity index (χ0v) is 13.2. The summed E-state index contributed by atoms with van der Waals surface area (Å²) >= 11 is 13.7. The molecule has 1 N–H and O–H groups in total. The van der Waals surface area contributed by atoms with E-state index in [1.165, 1.54) is 0 Å². The van der Waals surface area contributed by atoms with Crippen LogP contribution >= 0.6 is 34.5 Å². The zero-order valence-electron chi connectivity index (χ0n) is 10.9. The first-order chi connectivity index (χ1) is 9.49. The van der Waals surface area contributed by atoms with Crippen LogP contribution in [-0.4, -0.2) is 9.55 Å². The minimum atomic E-state index is 0.283. The highest BCUT2D eigenvalue weighted by molar-refractivity contribution is 7.18. The van der Waals surface area contributed by atoms with Crippen molar-refractivity contribution in [2.45, 2.75) is 13.8 Å². The lowest BCUT2D eigenvalue weighted by molar-refractivity contribution is 0.913. The van der Waals surface area contributed by atoms with Crippen molar-refractivity contribution in [3.63, 3.8) is 0 Å². The summed E-state index contributed by atoms with van der Waals surface area (Å²) in [6.45, 7) is 4.04. The highest BCUT2D eigenvalue weighted by Gasteiger charge is 2.14. The highest BCUT2D eigenvalue weighted by Crippen LogP contribution is 2.28. The molecule has 0 aliphatic heterocycles. The Hall–Kier alpha value is -1.36. The van der Waals surface area contributed by atoms with E-state index in [2.05, 4.69) is 4.98 Å². The van der Waals surface area contributed by atoms with Gasteiger partial charge in [-0.2, -0.15) is 0 Å². The largest absolute Gasteiger partial charge is 0.283 e. The van der Waals surface area contributed by atoms with Gasteiger partial charge in [-0.1, -0.05) is 11.6 Å². The van der Waals surface area contributed by atoms with Gasteiger partial charge in [0.15, 0.2) is 0 Å². The fraction of sp³-hybridized carbons (Fsp3) is 0.143. The van der Waals surface area contributed by atoms with Gasteiger partial charge in [0.25, 0.3) is 0 Å². The molecule has 20 heavy (non-hydrogen) atoms. The SMILES string of the molecule is Cc1sc2nc(Cl)n(-c3ccc(Cl)cc3)c(=N)c2c1C. The van der Waals surface area contributed by atoms with E-state index in [-0.39, 0.29) is 5.28 Å². The van der Waals surface area contributed by atoms with Crippen LogP contribution in [0.2, 0.25) is 10.3 Å². The lowest BCUT2D eigenvalue weighted by atomic mass is 10.2. The van der Waals surface area contributed by atoms with Gasteiger partial charge in [-0.25, -0.2) is 4.98 Å². The summed E-state index contributed by atoms with van der Waals surface area (Å²) in [7, 11) is 0. The zero-order chi connectivity index (χ0) is 14.4. The number of halogens is 2. The quantitative estimate of drug-likeness (QED) is 0.658. The molecule has 0 saturated carbocycles. The van der Waals surface area contributed by atoms with Gasteiger partial charge in [-0.05, 0) is 55.3 Å². The van der Waals surface area contributed by atoms with Crippen LogP contribution < -0.4 is 5.49 Å². The predicted molar refractivity (Wildman–Crippen MR) is 84.3 cm³/mol. The molecule has 0 amide bonds. The van der Waals surface area contributed by atoms with Gasteiger partial charge in [0, 0.05) is 9.90 Å². The molecular formula is C14H11Cl2N3S. The number of nitrogens with one attached hydrogen (secondary N) is 1. The summed E-state index contributed by atoms with van der Waals surface area (Å²) in [4.78, 5) is 6.37. The van der Waals surface area contributed by atoms with Crippen molar-refractivity contribution >= 4 is 44.8 Å². The molecule has 2 heterocycles. The Morgan fingerprint density at radius 3 is 2.45 bits per heavy atom. The van der Waals surface area contributed by atoms with Crippen molar-refractivity contribution in [2.75, 3.05) is 0 Å². The third-order valence-electron chi connectivity index (χ3n) is 3.29. The van der Waals surface area contributed by atoms with E-state index in [1.807, 2.05) is 26.0 Å². The average molecular weight is 324 g/mol. The number of hydrogen-bond acceptors (Lipinski definition) is 3. The van der Waals surface area contributed by atoms with Gasteiger partial charge in [-0.15, -0.1) is 11.3 Å². The van der Waals surface area contributed by atoms with E-state index in [4.69, 9.17) is 28.6 Å². The number of thiophene rings is 1. The first-order valence-electron chi connectivity index (χ1n) is 5.98. The number of aromatic nitrogens is 2. The van der Waals surface area contributed by atoms with E-state index in [0.29, 0.717) is 10.5 Å². The number of fused-ring (bicyclic) bond motifs is 1. The summed E-state index contributed by atoms with van der Waals surface area (Å²) in [6.07, 6.45) is 0. The lowest BCUT2D eigenvalue weighted by Gasteiger charge is -2.10. The van der Waals surface area contributed by atoms with E-state index in [9.17, 15) is 0 Å². The Balaban J connectivity index is 2.39. The number of nitrogens with zero attached hydrogens (tertiary/aromatic N) is 2. The van der Waals surface area contributed by atoms with E-state index in [1.54, 1.807) is 28.0 Å². The minimum absolute atomic E-state index is 0.283. The van der Waals surface area contributed by atoms with Crippen LogP contribution in [0.3, 0.4) is 0 Å². The molecule has 0 unspecified atom stereocenters. The summed E-state index contributed by atoms with van der Waals surface area (Å²) in [5.74, 6) is 0. The van der Waals surface area contributed by atoms with Gasteiger partial charge < -0.3 is 0 Å². The smallest absolute Gasteiger partial charge is 0.210 e. The second-order valence-corrected chi connectivity index (χ2v) is 6.48. The summed E-state index contributed by atoms with van der Waals surface area (Å²) in [5.41, 5.74) is 2.22. The molecule has 0 aliphatic rings. The van der Waals surface area contributed by atoms with Crippen molar-refractivity contribution in [3.05, 3.63) is 50.5 Å². The lowest BCUT2D eigenvalue weighted by Crippen LogP contribution is -2.20. The number of benzene rings is 1. The van der Waals surface area contributed by atoms with Crippen molar-refractivity contribution in [1.29, 1.82) is 5.41 Å². The van der Waals surface area contributed by atoms with Crippen LogP contribution in [0.1, 0.15) is 10.4 Å². The molecule has 0 bridgehead atoms. The summed E-state index contributed by atoms with van der Waals surface area (Å²) < 4.78 is 1.62. The number of hydrogen-bond donors (Lipinski definition) is 1. The van der Waals surface area contributed by atoms with E-state index in [0.717, 1.165) is 26.3 Å². The van der Waals surface area contributed by atoms with E-state index < -0.39 is 0 Å².